The number of carboxylic acids is 1. The fourth-order valence-electron chi connectivity index (χ4n) is 1.75. The summed E-state index contributed by atoms with van der Waals surface area (Å²) in [6.45, 7) is 3.71. The third-order valence-electron chi connectivity index (χ3n) is 2.85. The zero-order valence-corrected chi connectivity index (χ0v) is 11.7. The molecule has 0 heterocycles. The van der Waals surface area contributed by atoms with Crippen LogP contribution in [0.5, 0.6) is 0 Å². The molecule has 0 aromatic heterocycles. The van der Waals surface area contributed by atoms with Gasteiger partial charge in [0.05, 0.1) is 23.2 Å². The van der Waals surface area contributed by atoms with E-state index in [1.165, 1.54) is 11.0 Å². The minimum Gasteiger partial charge on any atom is -0.478 e. The Balaban J connectivity index is 2.91. The number of aryl methyl sites for hydroxylation is 1. The van der Waals surface area contributed by atoms with Crippen LogP contribution in [-0.4, -0.2) is 35.6 Å². The van der Waals surface area contributed by atoms with Crippen molar-refractivity contribution in [1.29, 1.82) is 5.26 Å². The Bertz CT molecular complexity index is 563. The van der Waals surface area contributed by atoms with E-state index in [1.807, 2.05) is 6.07 Å². The predicted octanol–water partition coefficient (Wildman–Crippen LogP) is 2.32. The highest BCUT2D eigenvalue weighted by molar-refractivity contribution is 6.00. The summed E-state index contributed by atoms with van der Waals surface area (Å²) in [5, 5.41) is 20.4. The molecule has 0 aliphatic heterocycles. The molecule has 0 saturated carbocycles. The van der Waals surface area contributed by atoms with E-state index in [-0.39, 0.29) is 23.7 Å². The number of benzene rings is 1. The molecule has 0 fully saturated rings. The molecule has 0 spiro atoms. The number of aromatic carboxylic acids is 1. The van der Waals surface area contributed by atoms with Crippen LogP contribution in [0.3, 0.4) is 0 Å². The van der Waals surface area contributed by atoms with Crippen LogP contribution in [0.1, 0.15) is 22.8 Å². The number of nitrogens with zero attached hydrogens (tertiary/aromatic N) is 2. The van der Waals surface area contributed by atoms with E-state index < -0.39 is 12.0 Å². The molecular formula is C14H17N3O3. The van der Waals surface area contributed by atoms with E-state index in [0.29, 0.717) is 5.56 Å². The highest BCUT2D eigenvalue weighted by Gasteiger charge is 2.17. The standard InChI is InChI=1S/C14H17N3O3/c1-9(7-15)8-17(3)14(20)16-12-10(2)5-4-6-11(12)13(18)19/h4-6,9H,8H2,1-3H3,(H,16,20)(H,18,19). The first-order chi connectivity index (χ1) is 9.36. The van der Waals surface area contributed by atoms with E-state index in [0.717, 1.165) is 0 Å². The van der Waals surface area contributed by atoms with Crippen LogP contribution in [-0.2, 0) is 0 Å². The van der Waals surface area contributed by atoms with Crippen LogP contribution in [0.15, 0.2) is 18.2 Å². The Kier molecular flexibility index (Phi) is 5.09. The summed E-state index contributed by atoms with van der Waals surface area (Å²) in [7, 11) is 1.56. The van der Waals surface area contributed by atoms with Crippen molar-refractivity contribution in [3.05, 3.63) is 29.3 Å². The van der Waals surface area contributed by atoms with Crippen molar-refractivity contribution in [3.63, 3.8) is 0 Å². The fourth-order valence-corrected chi connectivity index (χ4v) is 1.75. The van der Waals surface area contributed by atoms with Gasteiger partial charge in [-0.3, -0.25) is 0 Å². The third kappa shape index (κ3) is 3.72. The van der Waals surface area contributed by atoms with Crippen LogP contribution in [0.2, 0.25) is 0 Å². The summed E-state index contributed by atoms with van der Waals surface area (Å²) in [6.07, 6.45) is 0. The molecule has 0 aliphatic rings. The number of carboxylic acid groups (broad SMARTS) is 1. The highest BCUT2D eigenvalue weighted by atomic mass is 16.4. The number of carbonyl (C=O) groups excluding carboxylic acids is 1. The maximum Gasteiger partial charge on any atom is 0.337 e. The number of rotatable bonds is 4. The van der Waals surface area contributed by atoms with Gasteiger partial charge >= 0.3 is 12.0 Å². The first-order valence-corrected chi connectivity index (χ1v) is 6.11. The average Bonchev–Trinajstić information content (AvgIpc) is 2.40. The van der Waals surface area contributed by atoms with Gasteiger partial charge in [-0.05, 0) is 25.5 Å². The lowest BCUT2D eigenvalue weighted by Gasteiger charge is -2.20. The van der Waals surface area contributed by atoms with Gasteiger partial charge in [0.25, 0.3) is 0 Å². The minimum absolute atomic E-state index is 0.0417. The molecule has 2 N–H and O–H groups in total. The van der Waals surface area contributed by atoms with Gasteiger partial charge in [-0.25, -0.2) is 9.59 Å². The Morgan fingerprint density at radius 2 is 2.15 bits per heavy atom. The number of hydrogen-bond donors (Lipinski definition) is 2. The molecule has 0 radical (unpaired) electrons. The summed E-state index contributed by atoms with van der Waals surface area (Å²) >= 11 is 0. The first-order valence-electron chi connectivity index (χ1n) is 6.11. The van der Waals surface area contributed by atoms with Crippen molar-refractivity contribution in [2.75, 3.05) is 18.9 Å². The molecule has 20 heavy (non-hydrogen) atoms. The number of nitriles is 1. The molecule has 106 valence electrons. The second-order valence-corrected chi connectivity index (χ2v) is 4.64. The van der Waals surface area contributed by atoms with Crippen molar-refractivity contribution in [3.8, 4) is 6.07 Å². The molecule has 1 unspecified atom stereocenters. The second kappa shape index (κ2) is 6.57. The summed E-state index contributed by atoms with van der Waals surface area (Å²) in [5.74, 6) is -1.39. The van der Waals surface area contributed by atoms with E-state index in [2.05, 4.69) is 5.32 Å². The normalized spacial score (nSPS) is 11.3. The van der Waals surface area contributed by atoms with E-state index in [1.54, 1.807) is 33.0 Å². The van der Waals surface area contributed by atoms with Crippen LogP contribution in [0.25, 0.3) is 0 Å². The van der Waals surface area contributed by atoms with Crippen molar-refractivity contribution >= 4 is 17.7 Å². The highest BCUT2D eigenvalue weighted by Crippen LogP contribution is 2.21. The van der Waals surface area contributed by atoms with E-state index in [4.69, 9.17) is 10.4 Å². The monoisotopic (exact) mass is 275 g/mol. The third-order valence-corrected chi connectivity index (χ3v) is 2.85. The maximum atomic E-state index is 12.0. The van der Waals surface area contributed by atoms with Gasteiger partial charge in [0, 0.05) is 13.6 Å². The van der Waals surface area contributed by atoms with Crippen molar-refractivity contribution in [1.82, 2.24) is 4.90 Å². The molecule has 1 aromatic carbocycles. The Labute approximate surface area is 117 Å². The van der Waals surface area contributed by atoms with Gasteiger partial charge in [0.2, 0.25) is 0 Å². The topological polar surface area (TPSA) is 93.4 Å². The molecule has 1 rings (SSSR count). The SMILES string of the molecule is Cc1cccc(C(=O)O)c1NC(=O)N(C)CC(C)C#N. The molecule has 0 bridgehead atoms. The number of nitrogens with one attached hydrogen (secondary N) is 1. The smallest absolute Gasteiger partial charge is 0.337 e. The number of amides is 2. The second-order valence-electron chi connectivity index (χ2n) is 4.64. The Morgan fingerprint density at radius 1 is 1.50 bits per heavy atom. The van der Waals surface area contributed by atoms with Crippen molar-refractivity contribution in [2.45, 2.75) is 13.8 Å². The van der Waals surface area contributed by atoms with E-state index >= 15 is 0 Å². The maximum absolute atomic E-state index is 12.0. The number of anilines is 1. The largest absolute Gasteiger partial charge is 0.478 e. The lowest BCUT2D eigenvalue weighted by atomic mass is 10.1. The molecule has 0 aliphatic carbocycles. The number of hydrogen-bond acceptors (Lipinski definition) is 3. The van der Waals surface area contributed by atoms with Gasteiger partial charge in [-0.1, -0.05) is 12.1 Å². The molecule has 6 nitrogen and oxygen atoms in total. The quantitative estimate of drug-likeness (QED) is 0.881. The van der Waals surface area contributed by atoms with Crippen LogP contribution in [0.4, 0.5) is 10.5 Å². The van der Waals surface area contributed by atoms with Crippen LogP contribution >= 0.6 is 0 Å². The van der Waals surface area contributed by atoms with Crippen molar-refractivity contribution in [2.24, 2.45) is 5.92 Å². The van der Waals surface area contributed by atoms with Gasteiger partial charge in [0.15, 0.2) is 0 Å². The number of para-hydroxylation sites is 1. The predicted molar refractivity (Wildman–Crippen MR) is 74.6 cm³/mol. The van der Waals surface area contributed by atoms with Crippen LogP contribution in [0, 0.1) is 24.2 Å². The molecular weight excluding hydrogens is 258 g/mol. The summed E-state index contributed by atoms with van der Waals surface area (Å²) in [4.78, 5) is 24.5. The molecule has 0 saturated heterocycles. The summed E-state index contributed by atoms with van der Waals surface area (Å²) < 4.78 is 0. The van der Waals surface area contributed by atoms with Gasteiger partial charge < -0.3 is 15.3 Å². The minimum atomic E-state index is -1.10. The van der Waals surface area contributed by atoms with Gasteiger partial charge in [-0.15, -0.1) is 0 Å². The average molecular weight is 275 g/mol. The summed E-state index contributed by atoms with van der Waals surface area (Å²) in [5.41, 5.74) is 0.988. The van der Waals surface area contributed by atoms with Gasteiger partial charge in [-0.2, -0.15) is 5.26 Å². The van der Waals surface area contributed by atoms with Gasteiger partial charge in [0.1, 0.15) is 0 Å². The number of urea groups is 1. The summed E-state index contributed by atoms with van der Waals surface area (Å²) in [6, 6.07) is 6.38. The number of carbonyl (C=O) groups is 2. The molecule has 1 aromatic rings. The molecule has 1 atom stereocenters. The zero-order valence-electron chi connectivity index (χ0n) is 11.7. The first kappa shape index (κ1) is 15.5. The van der Waals surface area contributed by atoms with E-state index in [9.17, 15) is 9.59 Å². The zero-order chi connectivity index (χ0) is 15.3. The Morgan fingerprint density at radius 3 is 2.70 bits per heavy atom. The van der Waals surface area contributed by atoms with Crippen molar-refractivity contribution < 1.29 is 14.7 Å². The van der Waals surface area contributed by atoms with Crippen LogP contribution < -0.4 is 5.32 Å². The molecule has 2 amide bonds. The lowest BCUT2D eigenvalue weighted by Crippen LogP contribution is -2.35. The lowest BCUT2D eigenvalue weighted by molar-refractivity contribution is 0.0698. The Hall–Kier alpha value is -2.55. The fraction of sp³-hybridized carbons (Fsp3) is 0.357. The molecule has 6 heteroatoms.